The summed E-state index contributed by atoms with van der Waals surface area (Å²) < 4.78 is 12.5. The highest BCUT2D eigenvalue weighted by molar-refractivity contribution is 9.10. The molecular formula is C15H14BrNO2. The van der Waals surface area contributed by atoms with Gasteiger partial charge in [0.25, 0.3) is 0 Å². The number of ether oxygens (including phenoxy) is 2. The van der Waals surface area contributed by atoms with E-state index in [1.807, 2.05) is 30.3 Å². The highest BCUT2D eigenvalue weighted by Crippen LogP contribution is 2.33. The Morgan fingerprint density at radius 2 is 2.16 bits per heavy atom. The number of rotatable bonds is 3. The summed E-state index contributed by atoms with van der Waals surface area (Å²) in [4.78, 5) is 0. The van der Waals surface area contributed by atoms with E-state index >= 15 is 0 Å². The molecule has 0 saturated heterocycles. The highest BCUT2D eigenvalue weighted by atomic mass is 79.9. The van der Waals surface area contributed by atoms with E-state index in [1.54, 1.807) is 0 Å². The maximum Gasteiger partial charge on any atom is 0.129 e. The predicted octanol–water partition coefficient (Wildman–Crippen LogP) is 3.55. The van der Waals surface area contributed by atoms with E-state index in [4.69, 9.17) is 15.2 Å². The Labute approximate surface area is 120 Å². The molecule has 0 unspecified atom stereocenters. The Hall–Kier alpha value is -1.68. The van der Waals surface area contributed by atoms with Crippen molar-refractivity contribution in [1.29, 1.82) is 0 Å². The molecule has 19 heavy (non-hydrogen) atoms. The molecule has 1 heterocycles. The minimum absolute atomic E-state index is 0.477. The van der Waals surface area contributed by atoms with Crippen LogP contribution >= 0.6 is 15.9 Å². The van der Waals surface area contributed by atoms with Gasteiger partial charge in [-0.15, -0.1) is 0 Å². The number of fused-ring (bicyclic) bond motifs is 1. The van der Waals surface area contributed by atoms with Gasteiger partial charge in [0, 0.05) is 28.2 Å². The monoisotopic (exact) mass is 319 g/mol. The second-order valence-corrected chi connectivity index (χ2v) is 5.43. The van der Waals surface area contributed by atoms with Gasteiger partial charge < -0.3 is 15.2 Å². The minimum Gasteiger partial charge on any atom is -0.493 e. The van der Waals surface area contributed by atoms with Crippen molar-refractivity contribution < 1.29 is 9.47 Å². The first-order chi connectivity index (χ1) is 9.22. The van der Waals surface area contributed by atoms with Crippen LogP contribution in [0.25, 0.3) is 0 Å². The van der Waals surface area contributed by atoms with Crippen molar-refractivity contribution in [3.8, 4) is 11.5 Å². The Morgan fingerprint density at radius 1 is 1.26 bits per heavy atom. The SMILES string of the molecule is Nc1cccc(OCc2cc(Br)cc3c2OCC3)c1. The van der Waals surface area contributed by atoms with Gasteiger partial charge >= 0.3 is 0 Å². The molecule has 0 amide bonds. The Balaban J connectivity index is 1.81. The largest absolute Gasteiger partial charge is 0.493 e. The van der Waals surface area contributed by atoms with Crippen LogP contribution in [0.15, 0.2) is 40.9 Å². The van der Waals surface area contributed by atoms with Crippen LogP contribution in [0.3, 0.4) is 0 Å². The van der Waals surface area contributed by atoms with Crippen molar-refractivity contribution in [2.75, 3.05) is 12.3 Å². The van der Waals surface area contributed by atoms with Gasteiger partial charge in [-0.2, -0.15) is 0 Å². The second-order valence-electron chi connectivity index (χ2n) is 4.51. The van der Waals surface area contributed by atoms with Gasteiger partial charge in [-0.1, -0.05) is 22.0 Å². The van der Waals surface area contributed by atoms with Gasteiger partial charge in [0.05, 0.1) is 6.61 Å². The van der Waals surface area contributed by atoms with Crippen LogP contribution in [0, 0.1) is 0 Å². The van der Waals surface area contributed by atoms with Crippen molar-refractivity contribution in [2.24, 2.45) is 0 Å². The summed E-state index contributed by atoms with van der Waals surface area (Å²) in [6.45, 7) is 1.22. The molecular weight excluding hydrogens is 306 g/mol. The van der Waals surface area contributed by atoms with Crippen molar-refractivity contribution in [3.05, 3.63) is 52.0 Å². The molecule has 2 aromatic carbocycles. The molecule has 0 spiro atoms. The molecule has 2 aromatic rings. The lowest BCUT2D eigenvalue weighted by Crippen LogP contribution is -1.99. The van der Waals surface area contributed by atoms with Crippen molar-refractivity contribution in [3.63, 3.8) is 0 Å². The van der Waals surface area contributed by atoms with E-state index < -0.39 is 0 Å². The number of halogens is 1. The maximum absolute atomic E-state index is 5.77. The second kappa shape index (κ2) is 5.13. The minimum atomic E-state index is 0.477. The smallest absolute Gasteiger partial charge is 0.129 e. The lowest BCUT2D eigenvalue weighted by atomic mass is 10.1. The third-order valence-electron chi connectivity index (χ3n) is 3.08. The molecule has 98 valence electrons. The van der Waals surface area contributed by atoms with Gasteiger partial charge in [-0.3, -0.25) is 0 Å². The summed E-state index contributed by atoms with van der Waals surface area (Å²) in [5.74, 6) is 1.74. The van der Waals surface area contributed by atoms with E-state index in [0.717, 1.165) is 34.6 Å². The van der Waals surface area contributed by atoms with Crippen LogP contribution in [0.2, 0.25) is 0 Å². The molecule has 1 aliphatic rings. The molecule has 0 saturated carbocycles. The van der Waals surface area contributed by atoms with E-state index in [2.05, 4.69) is 22.0 Å². The van der Waals surface area contributed by atoms with Gasteiger partial charge in [0.2, 0.25) is 0 Å². The molecule has 2 N–H and O–H groups in total. The number of nitrogens with two attached hydrogens (primary N) is 1. The van der Waals surface area contributed by atoms with Crippen LogP contribution in [0.4, 0.5) is 5.69 Å². The number of anilines is 1. The summed E-state index contributed by atoms with van der Waals surface area (Å²) in [6.07, 6.45) is 0.958. The average Bonchev–Trinajstić information content (AvgIpc) is 2.84. The molecule has 0 aromatic heterocycles. The number of benzene rings is 2. The van der Waals surface area contributed by atoms with Crippen molar-refractivity contribution >= 4 is 21.6 Å². The zero-order valence-electron chi connectivity index (χ0n) is 10.4. The summed E-state index contributed by atoms with van der Waals surface area (Å²) in [5.41, 5.74) is 8.73. The molecule has 0 aliphatic carbocycles. The zero-order chi connectivity index (χ0) is 13.2. The van der Waals surface area contributed by atoms with Crippen molar-refractivity contribution in [1.82, 2.24) is 0 Å². The third kappa shape index (κ3) is 2.68. The molecule has 0 atom stereocenters. The number of hydrogen-bond donors (Lipinski definition) is 1. The molecule has 4 heteroatoms. The standard InChI is InChI=1S/C15H14BrNO2/c16-12-6-10-4-5-18-15(10)11(7-12)9-19-14-3-1-2-13(17)8-14/h1-3,6-8H,4-5,9,17H2. The Morgan fingerprint density at radius 3 is 3.00 bits per heavy atom. The van der Waals surface area contributed by atoms with Gasteiger partial charge in [0.15, 0.2) is 0 Å². The quantitative estimate of drug-likeness (QED) is 0.880. The van der Waals surface area contributed by atoms with E-state index in [0.29, 0.717) is 12.3 Å². The van der Waals surface area contributed by atoms with Crippen LogP contribution in [0.1, 0.15) is 11.1 Å². The average molecular weight is 320 g/mol. The van der Waals surface area contributed by atoms with Crippen LogP contribution in [-0.2, 0) is 13.0 Å². The molecule has 1 aliphatic heterocycles. The zero-order valence-corrected chi connectivity index (χ0v) is 11.9. The molecule has 0 radical (unpaired) electrons. The Bertz CT molecular complexity index is 613. The lowest BCUT2D eigenvalue weighted by molar-refractivity contribution is 0.292. The molecule has 3 rings (SSSR count). The first-order valence-corrected chi connectivity index (χ1v) is 6.94. The van der Waals surface area contributed by atoms with E-state index in [1.165, 1.54) is 5.56 Å². The van der Waals surface area contributed by atoms with Gasteiger partial charge in [-0.25, -0.2) is 0 Å². The molecule has 0 bridgehead atoms. The number of hydrogen-bond acceptors (Lipinski definition) is 3. The predicted molar refractivity (Wildman–Crippen MR) is 78.5 cm³/mol. The topological polar surface area (TPSA) is 44.5 Å². The normalized spacial score (nSPS) is 12.9. The first-order valence-electron chi connectivity index (χ1n) is 6.15. The van der Waals surface area contributed by atoms with Crippen LogP contribution < -0.4 is 15.2 Å². The van der Waals surface area contributed by atoms with E-state index in [-0.39, 0.29) is 0 Å². The summed E-state index contributed by atoms with van der Waals surface area (Å²) in [5, 5.41) is 0. The highest BCUT2D eigenvalue weighted by Gasteiger charge is 2.17. The summed E-state index contributed by atoms with van der Waals surface area (Å²) in [6, 6.07) is 11.6. The summed E-state index contributed by atoms with van der Waals surface area (Å²) in [7, 11) is 0. The fraction of sp³-hybridized carbons (Fsp3) is 0.200. The van der Waals surface area contributed by atoms with Crippen molar-refractivity contribution in [2.45, 2.75) is 13.0 Å². The van der Waals surface area contributed by atoms with Gasteiger partial charge in [-0.05, 0) is 29.8 Å². The summed E-state index contributed by atoms with van der Waals surface area (Å²) >= 11 is 3.52. The molecule has 3 nitrogen and oxygen atoms in total. The lowest BCUT2D eigenvalue weighted by Gasteiger charge is -2.11. The third-order valence-corrected chi connectivity index (χ3v) is 3.54. The van der Waals surface area contributed by atoms with Crippen LogP contribution in [0.5, 0.6) is 11.5 Å². The van der Waals surface area contributed by atoms with E-state index in [9.17, 15) is 0 Å². The first kappa shape index (κ1) is 12.4. The number of nitrogen functional groups attached to an aromatic ring is 1. The maximum atomic E-state index is 5.77. The van der Waals surface area contributed by atoms with Gasteiger partial charge in [0.1, 0.15) is 18.1 Å². The fourth-order valence-corrected chi connectivity index (χ4v) is 2.77. The van der Waals surface area contributed by atoms with Crippen LogP contribution in [-0.4, -0.2) is 6.61 Å². The molecule has 0 fully saturated rings. The Kier molecular flexibility index (Phi) is 3.34. The fourth-order valence-electron chi connectivity index (χ4n) is 2.22.